The van der Waals surface area contributed by atoms with Gasteiger partial charge in [0, 0.05) is 45.5 Å². The summed E-state index contributed by atoms with van der Waals surface area (Å²) in [7, 11) is 0.00837. The highest BCUT2D eigenvalue weighted by Crippen LogP contribution is 2.29. The average Bonchev–Trinajstić information content (AvgIpc) is 3.23. The molecule has 2 aliphatic rings. The molecule has 0 atom stereocenters. The Balaban J connectivity index is 1.38. The van der Waals surface area contributed by atoms with Crippen LogP contribution in [0.15, 0.2) is 46.0 Å². The molecule has 1 saturated heterocycles. The first kappa shape index (κ1) is 18.7. The molecule has 0 bridgehead atoms. The van der Waals surface area contributed by atoms with Crippen LogP contribution in [0.1, 0.15) is 28.8 Å². The minimum Gasteiger partial charge on any atom is -0.355 e. The number of nitrogens with zero attached hydrogens (tertiary/aromatic N) is 5. The largest absolute Gasteiger partial charge is 0.355 e. The van der Waals surface area contributed by atoms with E-state index in [1.54, 1.807) is 41.2 Å². The van der Waals surface area contributed by atoms with Gasteiger partial charge in [0.1, 0.15) is 4.90 Å². The molecule has 4 rings (SSSR count). The molecule has 0 N–H and O–H groups in total. The van der Waals surface area contributed by atoms with Gasteiger partial charge in [0.2, 0.25) is 0 Å². The van der Waals surface area contributed by atoms with Crippen LogP contribution >= 0.6 is 0 Å². The van der Waals surface area contributed by atoms with Gasteiger partial charge in [0.05, 0.1) is 11.8 Å². The molecule has 3 heterocycles. The Morgan fingerprint density at radius 2 is 1.96 bits per heavy atom. The third kappa shape index (κ3) is 3.42. The number of amides is 1. The maximum atomic E-state index is 12.5. The lowest BCUT2D eigenvalue weighted by Crippen LogP contribution is -2.42. The van der Waals surface area contributed by atoms with Crippen LogP contribution in [0.3, 0.4) is 0 Å². The summed E-state index contributed by atoms with van der Waals surface area (Å²) >= 11 is 0. The maximum absolute atomic E-state index is 12.5. The Hall–Kier alpha value is -2.68. The van der Waals surface area contributed by atoms with Crippen LogP contribution in [0.5, 0.6) is 0 Å². The van der Waals surface area contributed by atoms with Gasteiger partial charge >= 0.3 is 0 Å². The number of fused-ring (bicyclic) bond motifs is 1. The molecule has 1 aromatic carbocycles. The normalized spacial score (nSPS) is 18.6. The Morgan fingerprint density at radius 3 is 2.64 bits per heavy atom. The number of sulfonamides is 1. The zero-order valence-corrected chi connectivity index (χ0v) is 16.8. The molecule has 9 heteroatoms. The number of aryl methyl sites for hydroxylation is 1. The number of rotatable bonds is 3. The molecule has 2 aromatic rings. The maximum Gasteiger partial charge on any atom is 0.285 e. The van der Waals surface area contributed by atoms with Crippen LogP contribution in [0.2, 0.25) is 0 Å². The number of carbonyl (C=O) groups excluding carboxylic acids is 1. The molecule has 0 spiro atoms. The summed E-state index contributed by atoms with van der Waals surface area (Å²) in [5.74, 6) is 0.889. The fourth-order valence-corrected chi connectivity index (χ4v) is 5.09. The van der Waals surface area contributed by atoms with E-state index in [0.29, 0.717) is 29.4 Å². The van der Waals surface area contributed by atoms with E-state index in [1.165, 1.54) is 0 Å². The predicted octanol–water partition coefficient (Wildman–Crippen LogP) is 1.35. The molecule has 0 saturated carbocycles. The fourth-order valence-electron chi connectivity index (χ4n) is 3.87. The number of likely N-dealkylation sites (tertiary alicyclic amines) is 1. The van der Waals surface area contributed by atoms with E-state index in [-0.39, 0.29) is 10.8 Å². The Morgan fingerprint density at radius 1 is 1.25 bits per heavy atom. The number of carbonyl (C=O) groups is 1. The lowest BCUT2D eigenvalue weighted by Gasteiger charge is -2.34. The fraction of sp³-hybridized carbons (Fsp3) is 0.421. The van der Waals surface area contributed by atoms with Crippen LogP contribution in [-0.2, 0) is 17.1 Å². The Bertz CT molecular complexity index is 1040. The van der Waals surface area contributed by atoms with Crippen molar-refractivity contribution < 1.29 is 13.2 Å². The molecule has 1 fully saturated rings. The number of aromatic nitrogens is 2. The topological polar surface area (TPSA) is 87.9 Å². The summed E-state index contributed by atoms with van der Waals surface area (Å²) < 4.78 is 30.2. The van der Waals surface area contributed by atoms with Crippen molar-refractivity contribution in [3.8, 4) is 0 Å². The number of benzene rings is 1. The van der Waals surface area contributed by atoms with E-state index in [1.807, 2.05) is 24.1 Å². The second-order valence-electron chi connectivity index (χ2n) is 7.40. The highest BCUT2D eigenvalue weighted by molar-refractivity contribution is 7.90. The first-order valence-electron chi connectivity index (χ1n) is 9.28. The van der Waals surface area contributed by atoms with E-state index < -0.39 is 10.0 Å². The highest BCUT2D eigenvalue weighted by atomic mass is 32.2. The smallest absolute Gasteiger partial charge is 0.285 e. The van der Waals surface area contributed by atoms with Crippen molar-refractivity contribution in [3.05, 3.63) is 47.8 Å². The molecule has 0 unspecified atom stereocenters. The van der Waals surface area contributed by atoms with E-state index in [2.05, 4.69) is 9.50 Å². The van der Waals surface area contributed by atoms with Crippen molar-refractivity contribution >= 4 is 21.8 Å². The van der Waals surface area contributed by atoms with Crippen LogP contribution in [0.25, 0.3) is 0 Å². The molecule has 0 aliphatic carbocycles. The molecule has 148 valence electrons. The van der Waals surface area contributed by atoms with Gasteiger partial charge in [-0.05, 0) is 30.9 Å². The lowest BCUT2D eigenvalue weighted by molar-refractivity contribution is 0.0753. The van der Waals surface area contributed by atoms with Crippen molar-refractivity contribution in [3.63, 3.8) is 0 Å². The van der Waals surface area contributed by atoms with Crippen LogP contribution in [0.4, 0.5) is 0 Å². The molecular formula is C19H23N5O3S. The minimum atomic E-state index is -3.59. The van der Waals surface area contributed by atoms with Crippen LogP contribution in [0, 0.1) is 5.92 Å². The summed E-state index contributed by atoms with van der Waals surface area (Å²) in [5, 5.41) is 4.05. The third-order valence-electron chi connectivity index (χ3n) is 5.36. The van der Waals surface area contributed by atoms with E-state index in [9.17, 15) is 13.2 Å². The zero-order valence-electron chi connectivity index (χ0n) is 15.9. The van der Waals surface area contributed by atoms with Gasteiger partial charge in [-0.3, -0.25) is 9.48 Å². The van der Waals surface area contributed by atoms with Crippen molar-refractivity contribution in [1.29, 1.82) is 0 Å². The van der Waals surface area contributed by atoms with Crippen LogP contribution < -0.4 is 0 Å². The molecule has 0 radical (unpaired) electrons. The summed E-state index contributed by atoms with van der Waals surface area (Å²) in [5.41, 5.74) is 1.27. The summed E-state index contributed by atoms with van der Waals surface area (Å²) in [6.45, 7) is 2.12. The minimum absolute atomic E-state index is 0.0317. The predicted molar refractivity (Wildman–Crippen MR) is 105 cm³/mol. The van der Waals surface area contributed by atoms with E-state index in [0.717, 1.165) is 25.9 Å². The lowest BCUT2D eigenvalue weighted by atomic mass is 9.95. The third-order valence-corrected chi connectivity index (χ3v) is 6.68. The summed E-state index contributed by atoms with van der Waals surface area (Å²) in [6.07, 6.45) is 5.06. The van der Waals surface area contributed by atoms with Gasteiger partial charge in [-0.15, -0.1) is 4.40 Å². The Labute approximate surface area is 164 Å². The Kier molecular flexibility index (Phi) is 4.70. The van der Waals surface area contributed by atoms with Crippen molar-refractivity contribution in [1.82, 2.24) is 19.6 Å². The first-order chi connectivity index (χ1) is 13.3. The standard InChI is InChI=1S/C19H23N5O3S/c1-22(19(25)15-11-20-23(2)13-15)12-14-7-9-24(10-8-14)18-16-5-3-4-6-17(16)28(26,27)21-18/h3-6,11,13-14H,7-10,12H2,1-2H3. The quantitative estimate of drug-likeness (QED) is 0.775. The van der Waals surface area contributed by atoms with Gasteiger partial charge < -0.3 is 9.80 Å². The van der Waals surface area contributed by atoms with Gasteiger partial charge in [-0.2, -0.15) is 13.5 Å². The SMILES string of the molecule is CN(CC1CCN(C2=NS(=O)(=O)c3ccccc32)CC1)C(=O)c1cnn(C)c1. The number of hydrogen-bond acceptors (Lipinski definition) is 5. The first-order valence-corrected chi connectivity index (χ1v) is 10.7. The number of hydrogen-bond donors (Lipinski definition) is 0. The average molecular weight is 401 g/mol. The van der Waals surface area contributed by atoms with Gasteiger partial charge in [0.15, 0.2) is 5.84 Å². The molecule has 28 heavy (non-hydrogen) atoms. The van der Waals surface area contributed by atoms with Gasteiger partial charge in [-0.1, -0.05) is 12.1 Å². The van der Waals surface area contributed by atoms with Gasteiger partial charge in [-0.25, -0.2) is 0 Å². The second kappa shape index (κ2) is 7.05. The van der Waals surface area contributed by atoms with Crippen molar-refractivity contribution in [2.24, 2.45) is 17.4 Å². The zero-order chi connectivity index (χ0) is 19.9. The van der Waals surface area contributed by atoms with Gasteiger partial charge in [0.25, 0.3) is 15.9 Å². The second-order valence-corrected chi connectivity index (χ2v) is 8.98. The number of piperidine rings is 1. The number of amidine groups is 1. The molecular weight excluding hydrogens is 378 g/mol. The highest BCUT2D eigenvalue weighted by Gasteiger charge is 2.33. The van der Waals surface area contributed by atoms with E-state index >= 15 is 0 Å². The summed E-state index contributed by atoms with van der Waals surface area (Å²) in [4.78, 5) is 16.6. The monoisotopic (exact) mass is 401 g/mol. The van der Waals surface area contributed by atoms with E-state index in [4.69, 9.17) is 0 Å². The van der Waals surface area contributed by atoms with Crippen molar-refractivity contribution in [2.45, 2.75) is 17.7 Å². The van der Waals surface area contributed by atoms with Crippen molar-refractivity contribution in [2.75, 3.05) is 26.7 Å². The van der Waals surface area contributed by atoms with Crippen LogP contribution in [-0.4, -0.2) is 66.4 Å². The molecule has 2 aliphatic heterocycles. The molecule has 1 amide bonds. The molecule has 8 nitrogen and oxygen atoms in total. The summed E-state index contributed by atoms with van der Waals surface area (Å²) in [6, 6.07) is 6.97. The molecule has 1 aromatic heterocycles.